The highest BCUT2D eigenvalue weighted by Gasteiger charge is 2.45. The molecule has 1 saturated heterocycles. The maximum absolute atomic E-state index is 13.0. The Hall–Kier alpha value is -2.37. The second kappa shape index (κ2) is 7.25. The molecule has 0 bridgehead atoms. The van der Waals surface area contributed by atoms with Gasteiger partial charge < -0.3 is 14.7 Å². The highest BCUT2D eigenvalue weighted by Crippen LogP contribution is 2.31. The number of carboxylic acids is 1. The maximum Gasteiger partial charge on any atom is 0.348 e. The lowest BCUT2D eigenvalue weighted by molar-refractivity contribution is -0.162. The molecular formula is C19H22FNO4. The number of ether oxygens (including phenoxy) is 1. The number of hydrogen-bond donors (Lipinski definition) is 1. The van der Waals surface area contributed by atoms with E-state index in [4.69, 9.17) is 4.74 Å². The number of hydrogen-bond acceptors (Lipinski definition) is 3. The molecule has 1 aliphatic carbocycles. The van der Waals surface area contributed by atoms with E-state index in [0.29, 0.717) is 18.8 Å². The van der Waals surface area contributed by atoms with Crippen LogP contribution in [0.15, 0.2) is 36.4 Å². The van der Waals surface area contributed by atoms with Crippen molar-refractivity contribution in [2.75, 3.05) is 13.1 Å². The molecule has 25 heavy (non-hydrogen) atoms. The number of amides is 1. The molecule has 1 fully saturated rings. The molecule has 1 aliphatic heterocycles. The first-order valence-corrected chi connectivity index (χ1v) is 8.62. The molecule has 6 heteroatoms. The fraction of sp³-hybridized carbons (Fsp3) is 0.474. The summed E-state index contributed by atoms with van der Waals surface area (Å²) in [5.74, 6) is -1.03. The third-order valence-electron chi connectivity index (χ3n) is 5.02. The number of carboxylic acid groups (broad SMARTS) is 1. The second-order valence-electron chi connectivity index (χ2n) is 6.66. The largest absolute Gasteiger partial charge is 0.478 e. The normalized spacial score (nSPS) is 22.4. The van der Waals surface area contributed by atoms with Gasteiger partial charge in [0.15, 0.2) is 0 Å². The number of allylic oxidation sites excluding steroid dienone is 2. The van der Waals surface area contributed by atoms with E-state index < -0.39 is 17.4 Å². The molecule has 0 radical (unpaired) electrons. The Morgan fingerprint density at radius 1 is 1.16 bits per heavy atom. The predicted molar refractivity (Wildman–Crippen MR) is 89.7 cm³/mol. The molecule has 0 spiro atoms. The lowest BCUT2D eigenvalue weighted by atomic mass is 9.88. The van der Waals surface area contributed by atoms with Gasteiger partial charge in [-0.1, -0.05) is 12.2 Å². The van der Waals surface area contributed by atoms with Gasteiger partial charge in [0.2, 0.25) is 11.5 Å². The van der Waals surface area contributed by atoms with Gasteiger partial charge in [-0.2, -0.15) is 0 Å². The van der Waals surface area contributed by atoms with Crippen molar-refractivity contribution in [1.82, 2.24) is 4.90 Å². The van der Waals surface area contributed by atoms with Crippen LogP contribution in [0.2, 0.25) is 0 Å². The number of benzene rings is 1. The fourth-order valence-electron chi connectivity index (χ4n) is 3.45. The van der Waals surface area contributed by atoms with Crippen molar-refractivity contribution in [1.29, 1.82) is 0 Å². The molecule has 1 N–H and O–H groups in total. The summed E-state index contributed by atoms with van der Waals surface area (Å²) in [6, 6.07) is 5.32. The first kappa shape index (κ1) is 17.5. The minimum Gasteiger partial charge on any atom is -0.478 e. The zero-order valence-corrected chi connectivity index (χ0v) is 14.0. The molecule has 0 unspecified atom stereocenters. The smallest absolute Gasteiger partial charge is 0.348 e. The van der Waals surface area contributed by atoms with Crippen molar-refractivity contribution in [2.24, 2.45) is 5.92 Å². The zero-order valence-electron chi connectivity index (χ0n) is 14.0. The summed E-state index contributed by atoms with van der Waals surface area (Å²) in [5, 5.41) is 9.67. The van der Waals surface area contributed by atoms with Crippen LogP contribution in [-0.4, -0.2) is 40.6 Å². The van der Waals surface area contributed by atoms with E-state index in [0.717, 1.165) is 19.3 Å². The molecule has 5 nitrogen and oxygen atoms in total. The van der Waals surface area contributed by atoms with E-state index >= 15 is 0 Å². The maximum atomic E-state index is 13.0. The number of halogens is 1. The van der Waals surface area contributed by atoms with Crippen LogP contribution in [0.3, 0.4) is 0 Å². The highest BCUT2D eigenvalue weighted by molar-refractivity contribution is 5.81. The Balaban J connectivity index is 1.66. The number of rotatable bonds is 4. The van der Waals surface area contributed by atoms with Crippen molar-refractivity contribution < 1.29 is 23.8 Å². The third-order valence-corrected chi connectivity index (χ3v) is 5.02. The molecule has 1 aromatic rings. The Morgan fingerprint density at radius 2 is 1.84 bits per heavy atom. The summed E-state index contributed by atoms with van der Waals surface area (Å²) in [7, 11) is 0. The summed E-state index contributed by atoms with van der Waals surface area (Å²) in [4.78, 5) is 26.2. The quantitative estimate of drug-likeness (QED) is 0.850. The van der Waals surface area contributed by atoms with Crippen LogP contribution in [0.4, 0.5) is 4.39 Å². The molecular weight excluding hydrogens is 325 g/mol. The summed E-state index contributed by atoms with van der Waals surface area (Å²) in [6.45, 7) is 0.707. The molecule has 0 aromatic heterocycles. The monoisotopic (exact) mass is 347 g/mol. The Kier molecular flexibility index (Phi) is 5.06. The molecule has 0 saturated carbocycles. The Labute approximate surface area is 146 Å². The van der Waals surface area contributed by atoms with Gasteiger partial charge in [0.25, 0.3) is 0 Å². The predicted octanol–water partition coefficient (Wildman–Crippen LogP) is 3.01. The van der Waals surface area contributed by atoms with Crippen LogP contribution in [0.25, 0.3) is 0 Å². The van der Waals surface area contributed by atoms with E-state index in [1.807, 2.05) is 6.08 Å². The van der Waals surface area contributed by atoms with Gasteiger partial charge in [0, 0.05) is 31.8 Å². The van der Waals surface area contributed by atoms with Gasteiger partial charge in [0.05, 0.1) is 0 Å². The van der Waals surface area contributed by atoms with Crippen molar-refractivity contribution in [3.8, 4) is 5.75 Å². The molecule has 3 rings (SSSR count). The number of likely N-dealkylation sites (tertiary alicyclic amines) is 1. The van der Waals surface area contributed by atoms with Gasteiger partial charge in [-0.25, -0.2) is 9.18 Å². The summed E-state index contributed by atoms with van der Waals surface area (Å²) in [5.41, 5.74) is -1.37. The zero-order chi connectivity index (χ0) is 17.9. The van der Waals surface area contributed by atoms with Gasteiger partial charge in [-0.3, -0.25) is 4.79 Å². The number of aliphatic carboxylic acids is 1. The van der Waals surface area contributed by atoms with E-state index in [2.05, 4.69) is 6.08 Å². The number of nitrogens with zero attached hydrogens (tertiary/aromatic N) is 1. The standard InChI is InChI=1S/C19H22FNO4/c20-15-6-8-16(9-7-15)25-19(18(23)24)10-12-21(13-11-19)17(22)14-4-2-1-3-5-14/h1-2,6-9,14H,3-5,10-13H2,(H,23,24)/t14-/m1/s1. The van der Waals surface area contributed by atoms with Gasteiger partial charge >= 0.3 is 5.97 Å². The lowest BCUT2D eigenvalue weighted by Crippen LogP contribution is -2.55. The van der Waals surface area contributed by atoms with E-state index in [-0.39, 0.29) is 24.7 Å². The van der Waals surface area contributed by atoms with Crippen LogP contribution in [0, 0.1) is 11.7 Å². The average molecular weight is 347 g/mol. The molecule has 1 aromatic carbocycles. The van der Waals surface area contributed by atoms with E-state index in [1.165, 1.54) is 24.3 Å². The number of piperidine rings is 1. The van der Waals surface area contributed by atoms with Crippen LogP contribution in [0.1, 0.15) is 32.1 Å². The molecule has 134 valence electrons. The van der Waals surface area contributed by atoms with Crippen molar-refractivity contribution >= 4 is 11.9 Å². The minimum atomic E-state index is -1.37. The molecule has 1 heterocycles. The number of carbonyl (C=O) groups excluding carboxylic acids is 1. The number of carbonyl (C=O) groups is 2. The Bertz CT molecular complexity index is 663. The lowest BCUT2D eigenvalue weighted by Gasteiger charge is -2.40. The fourth-order valence-corrected chi connectivity index (χ4v) is 3.45. The molecule has 1 atom stereocenters. The van der Waals surface area contributed by atoms with Crippen LogP contribution < -0.4 is 4.74 Å². The van der Waals surface area contributed by atoms with E-state index in [1.54, 1.807) is 4.90 Å². The third kappa shape index (κ3) is 3.83. The Morgan fingerprint density at radius 3 is 2.40 bits per heavy atom. The summed E-state index contributed by atoms with van der Waals surface area (Å²) >= 11 is 0. The second-order valence-corrected chi connectivity index (χ2v) is 6.66. The van der Waals surface area contributed by atoms with Crippen molar-refractivity contribution in [2.45, 2.75) is 37.7 Å². The van der Waals surface area contributed by atoms with Crippen molar-refractivity contribution in [3.63, 3.8) is 0 Å². The first-order chi connectivity index (χ1) is 12.0. The molecule has 2 aliphatic rings. The first-order valence-electron chi connectivity index (χ1n) is 8.62. The van der Waals surface area contributed by atoms with Crippen LogP contribution >= 0.6 is 0 Å². The summed E-state index contributed by atoms with van der Waals surface area (Å²) < 4.78 is 18.7. The average Bonchev–Trinajstić information content (AvgIpc) is 2.64. The van der Waals surface area contributed by atoms with Gasteiger partial charge in [0.1, 0.15) is 11.6 Å². The van der Waals surface area contributed by atoms with Crippen LogP contribution in [-0.2, 0) is 9.59 Å². The summed E-state index contributed by atoms with van der Waals surface area (Å²) in [6.07, 6.45) is 7.08. The van der Waals surface area contributed by atoms with Gasteiger partial charge in [-0.15, -0.1) is 0 Å². The van der Waals surface area contributed by atoms with Crippen molar-refractivity contribution in [3.05, 3.63) is 42.2 Å². The molecule has 1 amide bonds. The topological polar surface area (TPSA) is 66.8 Å². The van der Waals surface area contributed by atoms with Crippen LogP contribution in [0.5, 0.6) is 5.75 Å². The van der Waals surface area contributed by atoms with Gasteiger partial charge in [-0.05, 0) is 43.5 Å². The SMILES string of the molecule is O=C([C@@H]1CC=CCC1)N1CCC(Oc2ccc(F)cc2)(C(=O)O)CC1. The highest BCUT2D eigenvalue weighted by atomic mass is 19.1. The van der Waals surface area contributed by atoms with E-state index in [9.17, 15) is 19.1 Å². The minimum absolute atomic E-state index is 0.000319.